The van der Waals surface area contributed by atoms with Gasteiger partial charge < -0.3 is 4.74 Å². The first-order valence-electron chi connectivity index (χ1n) is 10.4. The maximum Gasteiger partial charge on any atom is 0.309 e. The zero-order valence-corrected chi connectivity index (χ0v) is 19.0. The van der Waals surface area contributed by atoms with E-state index in [1.54, 1.807) is 16.4 Å². The number of esters is 1. The zero-order chi connectivity index (χ0) is 21.9. The number of hydrogen-bond donors (Lipinski definition) is 0. The predicted molar refractivity (Wildman–Crippen MR) is 118 cm³/mol. The summed E-state index contributed by atoms with van der Waals surface area (Å²) in [4.78, 5) is 11.9. The van der Waals surface area contributed by atoms with Gasteiger partial charge in [0.2, 0.25) is 10.0 Å². The summed E-state index contributed by atoms with van der Waals surface area (Å²) in [6.07, 6.45) is 1.96. The number of piperidine rings is 1. The van der Waals surface area contributed by atoms with Crippen LogP contribution in [0.25, 0.3) is 0 Å². The third-order valence-corrected chi connectivity index (χ3v) is 7.62. The van der Waals surface area contributed by atoms with Crippen molar-refractivity contribution < 1.29 is 17.9 Å². The van der Waals surface area contributed by atoms with E-state index in [9.17, 15) is 13.2 Å². The topological polar surface area (TPSA) is 63.7 Å². The van der Waals surface area contributed by atoms with E-state index in [4.69, 9.17) is 4.74 Å². The molecule has 0 spiro atoms. The van der Waals surface area contributed by atoms with Crippen molar-refractivity contribution in [1.29, 1.82) is 0 Å². The van der Waals surface area contributed by atoms with Gasteiger partial charge in [0.25, 0.3) is 0 Å². The molecule has 1 unspecified atom stereocenters. The van der Waals surface area contributed by atoms with Crippen molar-refractivity contribution in [2.75, 3.05) is 20.2 Å². The fourth-order valence-electron chi connectivity index (χ4n) is 3.90. The maximum atomic E-state index is 13.2. The Bertz CT molecular complexity index is 991. The molecule has 1 saturated heterocycles. The van der Waals surface area contributed by atoms with Gasteiger partial charge in [-0.1, -0.05) is 57.2 Å². The van der Waals surface area contributed by atoms with Crippen LogP contribution in [0.3, 0.4) is 0 Å². The summed E-state index contributed by atoms with van der Waals surface area (Å²) in [5, 5.41) is 0. The van der Waals surface area contributed by atoms with Crippen molar-refractivity contribution in [3.05, 3.63) is 65.2 Å². The highest BCUT2D eigenvalue weighted by molar-refractivity contribution is 7.89. The monoisotopic (exact) mass is 429 g/mol. The van der Waals surface area contributed by atoms with Crippen LogP contribution in [0.1, 0.15) is 56.2 Å². The summed E-state index contributed by atoms with van der Waals surface area (Å²) < 4.78 is 32.8. The van der Waals surface area contributed by atoms with Crippen LogP contribution < -0.4 is 0 Å². The molecule has 1 fully saturated rings. The summed E-state index contributed by atoms with van der Waals surface area (Å²) in [6, 6.07) is 15.1. The quantitative estimate of drug-likeness (QED) is 0.666. The Morgan fingerprint density at radius 2 is 1.83 bits per heavy atom. The second-order valence-electron chi connectivity index (χ2n) is 8.97. The van der Waals surface area contributed by atoms with Crippen LogP contribution in [0.15, 0.2) is 53.4 Å². The minimum atomic E-state index is -3.54. The second-order valence-corrected chi connectivity index (χ2v) is 10.9. The van der Waals surface area contributed by atoms with Crippen LogP contribution in [0.4, 0.5) is 0 Å². The number of ether oxygens (including phenoxy) is 1. The van der Waals surface area contributed by atoms with Crippen LogP contribution in [0.2, 0.25) is 0 Å². The molecule has 2 aromatic rings. The van der Waals surface area contributed by atoms with Gasteiger partial charge in [-0.3, -0.25) is 4.79 Å². The molecule has 1 aliphatic heterocycles. The summed E-state index contributed by atoms with van der Waals surface area (Å²) in [5.41, 5.74) is 3.05. The lowest BCUT2D eigenvalue weighted by molar-refractivity contribution is -0.139. The van der Waals surface area contributed by atoms with Gasteiger partial charge in [-0.05, 0) is 53.0 Å². The smallest absolute Gasteiger partial charge is 0.309 e. The minimum Gasteiger partial charge on any atom is -0.469 e. The summed E-state index contributed by atoms with van der Waals surface area (Å²) in [5.74, 6) is -0.168. The lowest BCUT2D eigenvalue weighted by Crippen LogP contribution is -2.39. The Morgan fingerprint density at radius 3 is 2.47 bits per heavy atom. The normalized spacial score (nSPS) is 18.2. The summed E-state index contributed by atoms with van der Waals surface area (Å²) >= 11 is 0. The van der Waals surface area contributed by atoms with Gasteiger partial charge in [0.15, 0.2) is 0 Å². The Hall–Kier alpha value is -2.18. The van der Waals surface area contributed by atoms with E-state index in [-0.39, 0.29) is 23.7 Å². The van der Waals surface area contributed by atoms with Gasteiger partial charge in [0, 0.05) is 13.1 Å². The number of carbonyl (C=O) groups is 1. The first kappa shape index (κ1) is 22.5. The molecule has 0 amide bonds. The van der Waals surface area contributed by atoms with Crippen LogP contribution in [0, 0.1) is 0 Å². The van der Waals surface area contributed by atoms with Crippen molar-refractivity contribution in [3.63, 3.8) is 0 Å². The Balaban J connectivity index is 1.78. The van der Waals surface area contributed by atoms with Crippen molar-refractivity contribution in [2.24, 2.45) is 0 Å². The average Bonchev–Trinajstić information content (AvgIpc) is 2.73. The highest BCUT2D eigenvalue weighted by atomic mass is 32.2. The molecule has 0 aromatic heterocycles. The first-order valence-corrected chi connectivity index (χ1v) is 11.8. The van der Waals surface area contributed by atoms with Crippen LogP contribution >= 0.6 is 0 Å². The summed E-state index contributed by atoms with van der Waals surface area (Å²) in [7, 11) is -2.16. The first-order chi connectivity index (χ1) is 14.1. The van der Waals surface area contributed by atoms with E-state index >= 15 is 0 Å². The molecule has 1 atom stereocenters. The van der Waals surface area contributed by atoms with E-state index in [1.807, 2.05) is 36.4 Å². The number of nitrogens with zero attached hydrogens (tertiary/aromatic N) is 1. The van der Waals surface area contributed by atoms with Gasteiger partial charge in [0.1, 0.15) is 0 Å². The van der Waals surface area contributed by atoms with Crippen molar-refractivity contribution in [2.45, 2.75) is 56.3 Å². The van der Waals surface area contributed by atoms with E-state index in [2.05, 4.69) is 20.8 Å². The molecular weight excluding hydrogens is 398 g/mol. The van der Waals surface area contributed by atoms with Gasteiger partial charge in [-0.15, -0.1) is 0 Å². The molecule has 1 heterocycles. The molecule has 0 aliphatic carbocycles. The molecule has 0 saturated carbocycles. The number of rotatable bonds is 5. The number of carbonyl (C=O) groups excluding carboxylic acids is 1. The highest BCUT2D eigenvalue weighted by Crippen LogP contribution is 2.31. The van der Waals surface area contributed by atoms with Crippen molar-refractivity contribution in [1.82, 2.24) is 4.31 Å². The van der Waals surface area contributed by atoms with Crippen molar-refractivity contribution in [3.8, 4) is 0 Å². The fourth-order valence-corrected chi connectivity index (χ4v) is 5.43. The number of sulfonamides is 1. The predicted octanol–water partition coefficient (Wildman–Crippen LogP) is 4.27. The largest absolute Gasteiger partial charge is 0.469 e. The van der Waals surface area contributed by atoms with E-state index in [0.717, 1.165) is 29.5 Å². The Morgan fingerprint density at radius 1 is 1.13 bits per heavy atom. The third kappa shape index (κ3) is 5.10. The maximum absolute atomic E-state index is 13.2. The molecule has 3 rings (SSSR count). The SMILES string of the molecule is COC(=O)Cc1cccc(C2CCCN(S(=O)(=O)c3ccc(C(C)(C)C)cc3)C2)c1. The standard InChI is InChI=1S/C24H31NO4S/c1-24(2,3)21-10-12-22(13-11-21)30(27,28)25-14-6-9-20(17-25)19-8-5-7-18(15-19)16-23(26)29-4/h5,7-8,10-13,15,20H,6,9,14,16-17H2,1-4H3. The molecule has 0 radical (unpaired) electrons. The second kappa shape index (κ2) is 8.90. The Labute approximate surface area is 180 Å². The van der Waals surface area contributed by atoms with Crippen LogP contribution in [-0.4, -0.2) is 38.9 Å². The third-order valence-electron chi connectivity index (χ3n) is 5.74. The van der Waals surface area contributed by atoms with E-state index < -0.39 is 10.0 Å². The van der Waals surface area contributed by atoms with Crippen LogP contribution in [-0.2, 0) is 31.4 Å². The molecule has 162 valence electrons. The van der Waals surface area contributed by atoms with E-state index in [0.29, 0.717) is 18.0 Å². The van der Waals surface area contributed by atoms with Gasteiger partial charge >= 0.3 is 5.97 Å². The van der Waals surface area contributed by atoms with Crippen LogP contribution in [0.5, 0.6) is 0 Å². The molecule has 5 nitrogen and oxygen atoms in total. The number of benzene rings is 2. The molecule has 0 bridgehead atoms. The van der Waals surface area contributed by atoms with Gasteiger partial charge in [-0.25, -0.2) is 8.42 Å². The molecule has 30 heavy (non-hydrogen) atoms. The molecule has 1 aliphatic rings. The number of hydrogen-bond acceptors (Lipinski definition) is 4. The van der Waals surface area contributed by atoms with Crippen molar-refractivity contribution >= 4 is 16.0 Å². The van der Waals surface area contributed by atoms with Gasteiger partial charge in [0.05, 0.1) is 18.4 Å². The lowest BCUT2D eigenvalue weighted by Gasteiger charge is -2.32. The Kier molecular flexibility index (Phi) is 6.68. The molecule has 2 aromatic carbocycles. The van der Waals surface area contributed by atoms with E-state index in [1.165, 1.54) is 7.11 Å². The average molecular weight is 430 g/mol. The summed E-state index contributed by atoms with van der Waals surface area (Å²) in [6.45, 7) is 7.31. The molecular formula is C24H31NO4S. The minimum absolute atomic E-state index is 0.0201. The highest BCUT2D eigenvalue weighted by Gasteiger charge is 2.31. The molecule has 6 heteroatoms. The molecule has 0 N–H and O–H groups in total. The lowest BCUT2D eigenvalue weighted by atomic mass is 9.87. The number of methoxy groups -OCH3 is 1. The zero-order valence-electron chi connectivity index (χ0n) is 18.2. The van der Waals surface area contributed by atoms with Gasteiger partial charge in [-0.2, -0.15) is 4.31 Å². The fraction of sp³-hybridized carbons (Fsp3) is 0.458.